The van der Waals surface area contributed by atoms with Crippen molar-refractivity contribution in [3.05, 3.63) is 52.2 Å². The molecule has 2 rings (SSSR count). The molecule has 0 aliphatic heterocycles. The van der Waals surface area contributed by atoms with E-state index in [1.165, 1.54) is 11.3 Å². The molecule has 100 valence electrons. The predicted molar refractivity (Wildman–Crippen MR) is 77.6 cm³/mol. The first-order chi connectivity index (χ1) is 9.20. The van der Waals surface area contributed by atoms with E-state index >= 15 is 0 Å². The Morgan fingerprint density at radius 2 is 2.05 bits per heavy atom. The summed E-state index contributed by atoms with van der Waals surface area (Å²) in [6.07, 6.45) is 1.17. The number of nitrogens with two attached hydrogens (primary N) is 1. The molecular formula is C15H17NO2S. The summed E-state index contributed by atoms with van der Waals surface area (Å²) < 4.78 is 5.10. The minimum Gasteiger partial charge on any atom is -0.497 e. The molecule has 19 heavy (non-hydrogen) atoms. The molecule has 1 aromatic carbocycles. The van der Waals surface area contributed by atoms with Gasteiger partial charge in [-0.05, 0) is 35.6 Å². The highest BCUT2D eigenvalue weighted by Gasteiger charge is 2.16. The molecular weight excluding hydrogens is 258 g/mol. The molecule has 0 saturated carbocycles. The summed E-state index contributed by atoms with van der Waals surface area (Å²) in [7, 11) is 1.64. The van der Waals surface area contributed by atoms with Crippen LogP contribution in [0.5, 0.6) is 5.75 Å². The van der Waals surface area contributed by atoms with Crippen molar-refractivity contribution >= 4 is 17.1 Å². The second-order valence-electron chi connectivity index (χ2n) is 4.31. The molecule has 3 nitrogen and oxygen atoms in total. The van der Waals surface area contributed by atoms with Crippen LogP contribution >= 0.6 is 11.3 Å². The molecule has 2 aromatic rings. The highest BCUT2D eigenvalue weighted by Crippen LogP contribution is 2.20. The van der Waals surface area contributed by atoms with Crippen LogP contribution in [0.4, 0.5) is 0 Å². The lowest BCUT2D eigenvalue weighted by molar-refractivity contribution is -0.120. The summed E-state index contributed by atoms with van der Waals surface area (Å²) in [5.74, 6) is 0.906. The number of thiophene rings is 1. The van der Waals surface area contributed by atoms with Crippen molar-refractivity contribution in [2.45, 2.75) is 18.9 Å². The second-order valence-corrected chi connectivity index (χ2v) is 5.29. The van der Waals surface area contributed by atoms with Gasteiger partial charge in [0.15, 0.2) is 5.78 Å². The van der Waals surface area contributed by atoms with Crippen LogP contribution < -0.4 is 10.5 Å². The highest BCUT2D eigenvalue weighted by atomic mass is 32.1. The van der Waals surface area contributed by atoms with Crippen LogP contribution in [-0.4, -0.2) is 12.9 Å². The molecule has 0 amide bonds. The molecule has 0 saturated heterocycles. The van der Waals surface area contributed by atoms with Crippen molar-refractivity contribution in [2.75, 3.05) is 7.11 Å². The Morgan fingerprint density at radius 3 is 2.63 bits per heavy atom. The van der Waals surface area contributed by atoms with Crippen LogP contribution in [0.1, 0.15) is 22.9 Å². The van der Waals surface area contributed by atoms with E-state index in [0.717, 1.165) is 16.2 Å². The molecule has 0 aliphatic rings. The van der Waals surface area contributed by atoms with Gasteiger partial charge in [0.1, 0.15) is 5.75 Å². The van der Waals surface area contributed by atoms with Crippen LogP contribution in [0.15, 0.2) is 41.8 Å². The summed E-state index contributed by atoms with van der Waals surface area (Å²) in [5.41, 5.74) is 7.05. The van der Waals surface area contributed by atoms with E-state index < -0.39 is 6.04 Å². The summed E-state index contributed by atoms with van der Waals surface area (Å²) in [6.45, 7) is 0. The number of methoxy groups -OCH3 is 1. The zero-order valence-electron chi connectivity index (χ0n) is 10.8. The first-order valence-electron chi connectivity index (χ1n) is 6.15. The van der Waals surface area contributed by atoms with Crippen molar-refractivity contribution < 1.29 is 9.53 Å². The third kappa shape index (κ3) is 3.66. The molecule has 0 radical (unpaired) electrons. The minimum atomic E-state index is -0.488. The minimum absolute atomic E-state index is 0.0817. The van der Waals surface area contributed by atoms with Crippen LogP contribution in [0.25, 0.3) is 0 Å². The zero-order valence-corrected chi connectivity index (χ0v) is 11.7. The number of carbonyl (C=O) groups is 1. The maximum atomic E-state index is 12.0. The lowest BCUT2D eigenvalue weighted by Crippen LogP contribution is -2.20. The maximum absolute atomic E-state index is 12.0. The second kappa shape index (κ2) is 6.50. The average molecular weight is 275 g/mol. The van der Waals surface area contributed by atoms with Crippen LogP contribution in [0.2, 0.25) is 0 Å². The maximum Gasteiger partial charge on any atom is 0.155 e. The molecule has 1 heterocycles. The Hall–Kier alpha value is -1.65. The van der Waals surface area contributed by atoms with E-state index in [2.05, 4.69) is 0 Å². The van der Waals surface area contributed by atoms with E-state index in [0.29, 0.717) is 12.8 Å². The fourth-order valence-corrected chi connectivity index (χ4v) is 2.59. The normalized spacial score (nSPS) is 12.1. The third-order valence-electron chi connectivity index (χ3n) is 3.02. The van der Waals surface area contributed by atoms with Gasteiger partial charge in [0.25, 0.3) is 0 Å². The van der Waals surface area contributed by atoms with Gasteiger partial charge in [0.05, 0.1) is 13.2 Å². The van der Waals surface area contributed by atoms with Gasteiger partial charge in [-0.2, -0.15) is 0 Å². The predicted octanol–water partition coefficient (Wildman–Crippen LogP) is 2.96. The third-order valence-corrected chi connectivity index (χ3v) is 3.97. The van der Waals surface area contributed by atoms with Crippen LogP contribution in [-0.2, 0) is 11.2 Å². The van der Waals surface area contributed by atoms with Gasteiger partial charge in [-0.3, -0.25) is 4.79 Å². The lowest BCUT2D eigenvalue weighted by atomic mass is 10.0. The van der Waals surface area contributed by atoms with Crippen LogP contribution in [0, 0.1) is 0 Å². The average Bonchev–Trinajstić information content (AvgIpc) is 2.98. The zero-order chi connectivity index (χ0) is 13.7. The fraction of sp³-hybridized carbons (Fsp3) is 0.267. The van der Waals surface area contributed by atoms with Crippen molar-refractivity contribution in [2.24, 2.45) is 5.73 Å². The topological polar surface area (TPSA) is 52.3 Å². The van der Waals surface area contributed by atoms with Crippen molar-refractivity contribution in [3.63, 3.8) is 0 Å². The SMILES string of the molecule is COc1ccc(CCC(=O)C(N)c2cccs2)cc1. The summed E-state index contributed by atoms with van der Waals surface area (Å²) in [6, 6.07) is 11.1. The Balaban J connectivity index is 1.89. The summed E-state index contributed by atoms with van der Waals surface area (Å²) in [4.78, 5) is 12.9. The Bertz CT molecular complexity index is 520. The first-order valence-corrected chi connectivity index (χ1v) is 7.03. The van der Waals surface area contributed by atoms with E-state index in [-0.39, 0.29) is 5.78 Å². The van der Waals surface area contributed by atoms with Crippen LogP contribution in [0.3, 0.4) is 0 Å². The van der Waals surface area contributed by atoms with Gasteiger partial charge in [-0.15, -0.1) is 11.3 Å². The number of rotatable bonds is 6. The number of Topliss-reactive ketones (excluding diaryl/α,β-unsaturated/α-hetero) is 1. The van der Waals surface area contributed by atoms with E-state index in [9.17, 15) is 4.79 Å². The van der Waals surface area contributed by atoms with Crippen molar-refractivity contribution in [1.29, 1.82) is 0 Å². The van der Waals surface area contributed by atoms with E-state index in [1.54, 1.807) is 7.11 Å². The molecule has 0 spiro atoms. The summed E-state index contributed by atoms with van der Waals surface area (Å²) in [5, 5.41) is 1.94. The van der Waals surface area contributed by atoms with E-state index in [1.807, 2.05) is 41.8 Å². The van der Waals surface area contributed by atoms with Gasteiger partial charge >= 0.3 is 0 Å². The van der Waals surface area contributed by atoms with Crippen molar-refractivity contribution in [3.8, 4) is 5.75 Å². The Kier molecular flexibility index (Phi) is 4.71. The largest absolute Gasteiger partial charge is 0.497 e. The van der Waals surface area contributed by atoms with Gasteiger partial charge in [0, 0.05) is 11.3 Å². The lowest BCUT2D eigenvalue weighted by Gasteiger charge is -2.08. The van der Waals surface area contributed by atoms with Gasteiger partial charge in [-0.1, -0.05) is 18.2 Å². The molecule has 0 fully saturated rings. The van der Waals surface area contributed by atoms with E-state index in [4.69, 9.17) is 10.5 Å². The molecule has 0 aliphatic carbocycles. The number of aryl methyl sites for hydroxylation is 1. The molecule has 1 atom stereocenters. The smallest absolute Gasteiger partial charge is 0.155 e. The fourth-order valence-electron chi connectivity index (χ4n) is 1.84. The molecule has 1 aromatic heterocycles. The molecule has 4 heteroatoms. The first kappa shape index (κ1) is 13.8. The van der Waals surface area contributed by atoms with Gasteiger partial charge < -0.3 is 10.5 Å². The number of ether oxygens (including phenoxy) is 1. The quantitative estimate of drug-likeness (QED) is 0.881. The number of hydrogen-bond acceptors (Lipinski definition) is 4. The number of carbonyl (C=O) groups excluding carboxylic acids is 1. The van der Waals surface area contributed by atoms with Crippen molar-refractivity contribution in [1.82, 2.24) is 0 Å². The number of hydrogen-bond donors (Lipinski definition) is 1. The number of benzene rings is 1. The highest BCUT2D eigenvalue weighted by molar-refractivity contribution is 7.10. The Morgan fingerprint density at radius 1 is 1.32 bits per heavy atom. The Labute approximate surface area is 117 Å². The summed E-state index contributed by atoms with van der Waals surface area (Å²) >= 11 is 1.52. The monoisotopic (exact) mass is 275 g/mol. The number of ketones is 1. The molecule has 1 unspecified atom stereocenters. The molecule has 0 bridgehead atoms. The standard InChI is InChI=1S/C15H17NO2S/c1-18-12-7-4-11(5-8-12)6-9-13(17)15(16)14-3-2-10-19-14/h2-5,7-8,10,15H,6,9,16H2,1H3. The molecule has 2 N–H and O–H groups in total. The van der Waals surface area contributed by atoms with Gasteiger partial charge in [0.2, 0.25) is 0 Å². The van der Waals surface area contributed by atoms with Gasteiger partial charge in [-0.25, -0.2) is 0 Å².